The fourth-order valence-corrected chi connectivity index (χ4v) is 0.912. The van der Waals surface area contributed by atoms with Crippen molar-refractivity contribution in [1.29, 1.82) is 5.26 Å². The number of phenolic OH excluding ortho intramolecular Hbond substituents is 1. The minimum atomic E-state index is 0.264. The number of benzene rings is 1. The molecule has 11 heavy (non-hydrogen) atoms. The van der Waals surface area contributed by atoms with E-state index in [0.717, 1.165) is 5.56 Å². The molecule has 56 valence electrons. The van der Waals surface area contributed by atoms with Crippen LogP contribution in [0.1, 0.15) is 12.0 Å². The largest absolute Gasteiger partial charge is 0.508 e. The number of hydrogen-bond donors (Lipinski definition) is 1. The molecule has 0 bridgehead atoms. The molecule has 2 nitrogen and oxygen atoms in total. The summed E-state index contributed by atoms with van der Waals surface area (Å²) in [5.74, 6) is 0.264. The number of aryl methyl sites for hydroxylation is 1. The molecule has 1 N–H and O–H groups in total. The highest BCUT2D eigenvalue weighted by Gasteiger charge is 1.92. The van der Waals surface area contributed by atoms with Gasteiger partial charge in [-0.05, 0) is 24.1 Å². The Morgan fingerprint density at radius 1 is 1.45 bits per heavy atom. The lowest BCUT2D eigenvalue weighted by Crippen LogP contribution is -1.81. The zero-order chi connectivity index (χ0) is 8.10. The lowest BCUT2D eigenvalue weighted by atomic mass is 10.1. The van der Waals surface area contributed by atoms with E-state index in [-0.39, 0.29) is 5.75 Å². The fourth-order valence-electron chi connectivity index (χ4n) is 0.912. The van der Waals surface area contributed by atoms with Crippen LogP contribution in [0.3, 0.4) is 0 Å². The van der Waals surface area contributed by atoms with Gasteiger partial charge in [-0.25, -0.2) is 0 Å². The third kappa shape index (κ3) is 2.30. The van der Waals surface area contributed by atoms with Gasteiger partial charge in [0.15, 0.2) is 0 Å². The Bertz CT molecular complexity index is 275. The summed E-state index contributed by atoms with van der Waals surface area (Å²) in [6, 6.07) is 9.03. The van der Waals surface area contributed by atoms with Gasteiger partial charge in [0.05, 0.1) is 6.07 Å². The average Bonchev–Trinajstić information content (AvgIpc) is 2.01. The molecule has 0 saturated heterocycles. The van der Waals surface area contributed by atoms with Gasteiger partial charge in [-0.15, -0.1) is 0 Å². The Labute approximate surface area is 65.7 Å². The second kappa shape index (κ2) is 3.62. The Kier molecular flexibility index (Phi) is 2.51. The van der Waals surface area contributed by atoms with Crippen LogP contribution in [0.25, 0.3) is 0 Å². The molecule has 0 aliphatic heterocycles. The highest BCUT2D eigenvalue weighted by molar-refractivity contribution is 5.27. The van der Waals surface area contributed by atoms with Crippen molar-refractivity contribution < 1.29 is 5.11 Å². The van der Waals surface area contributed by atoms with Gasteiger partial charge in [0, 0.05) is 6.42 Å². The van der Waals surface area contributed by atoms with Gasteiger partial charge in [-0.3, -0.25) is 0 Å². The standard InChI is InChI=1S/C9H9NO/c10-6-2-4-8-3-1-5-9(11)7-8/h1,3,5,7,11H,2,4H2. The maximum Gasteiger partial charge on any atom is 0.115 e. The van der Waals surface area contributed by atoms with Crippen molar-refractivity contribution in [1.82, 2.24) is 0 Å². The topological polar surface area (TPSA) is 44.0 Å². The predicted octanol–water partition coefficient (Wildman–Crippen LogP) is 1.85. The van der Waals surface area contributed by atoms with Crippen molar-refractivity contribution in [2.45, 2.75) is 12.8 Å². The summed E-state index contributed by atoms with van der Waals surface area (Å²) in [6.07, 6.45) is 1.22. The van der Waals surface area contributed by atoms with Crippen LogP contribution in [-0.4, -0.2) is 5.11 Å². The lowest BCUT2D eigenvalue weighted by molar-refractivity contribution is 0.474. The van der Waals surface area contributed by atoms with Crippen molar-refractivity contribution in [3.63, 3.8) is 0 Å². The van der Waals surface area contributed by atoms with Gasteiger partial charge < -0.3 is 5.11 Å². The summed E-state index contributed by atoms with van der Waals surface area (Å²) in [5, 5.41) is 17.3. The molecular formula is C9H9NO. The second-order valence-electron chi connectivity index (χ2n) is 2.33. The van der Waals surface area contributed by atoms with E-state index in [1.807, 2.05) is 6.07 Å². The van der Waals surface area contributed by atoms with Crippen LogP contribution in [0.4, 0.5) is 0 Å². The molecule has 0 aromatic heterocycles. The van der Waals surface area contributed by atoms with E-state index in [1.165, 1.54) is 0 Å². The maximum atomic E-state index is 9.03. The monoisotopic (exact) mass is 147 g/mol. The molecule has 1 aromatic rings. The van der Waals surface area contributed by atoms with Crippen LogP contribution in [0.15, 0.2) is 24.3 Å². The molecule has 0 aliphatic carbocycles. The third-order valence-corrected chi connectivity index (χ3v) is 1.44. The quantitative estimate of drug-likeness (QED) is 0.693. The van der Waals surface area contributed by atoms with E-state index in [0.29, 0.717) is 12.8 Å². The SMILES string of the molecule is N#CCCc1cccc(O)c1. The summed E-state index contributed by atoms with van der Waals surface area (Å²) in [5.41, 5.74) is 1.01. The van der Waals surface area contributed by atoms with Crippen molar-refractivity contribution >= 4 is 0 Å². The summed E-state index contributed by atoms with van der Waals surface area (Å²) in [7, 11) is 0. The van der Waals surface area contributed by atoms with Gasteiger partial charge >= 0.3 is 0 Å². The normalized spacial score (nSPS) is 9.00. The first kappa shape index (κ1) is 7.62. The van der Waals surface area contributed by atoms with Crippen LogP contribution in [0.2, 0.25) is 0 Å². The van der Waals surface area contributed by atoms with Crippen LogP contribution < -0.4 is 0 Å². The fraction of sp³-hybridized carbons (Fsp3) is 0.222. The van der Waals surface area contributed by atoms with Crippen molar-refractivity contribution in [2.24, 2.45) is 0 Å². The zero-order valence-corrected chi connectivity index (χ0v) is 6.12. The highest BCUT2D eigenvalue weighted by atomic mass is 16.3. The van der Waals surface area contributed by atoms with Gasteiger partial charge in [0.2, 0.25) is 0 Å². The first-order chi connectivity index (χ1) is 5.33. The maximum absolute atomic E-state index is 9.03. The number of phenols is 1. The van der Waals surface area contributed by atoms with E-state index < -0.39 is 0 Å². The first-order valence-electron chi connectivity index (χ1n) is 3.48. The number of nitriles is 1. The van der Waals surface area contributed by atoms with Crippen molar-refractivity contribution in [2.75, 3.05) is 0 Å². The Morgan fingerprint density at radius 3 is 2.91 bits per heavy atom. The highest BCUT2D eigenvalue weighted by Crippen LogP contribution is 2.11. The summed E-state index contributed by atoms with van der Waals surface area (Å²) < 4.78 is 0. The number of hydrogen-bond acceptors (Lipinski definition) is 2. The molecule has 0 amide bonds. The van der Waals surface area contributed by atoms with E-state index in [4.69, 9.17) is 10.4 Å². The van der Waals surface area contributed by atoms with E-state index in [9.17, 15) is 0 Å². The van der Waals surface area contributed by atoms with Gasteiger partial charge in [-0.1, -0.05) is 12.1 Å². The summed E-state index contributed by atoms with van der Waals surface area (Å²) >= 11 is 0. The number of nitrogens with zero attached hydrogens (tertiary/aromatic N) is 1. The van der Waals surface area contributed by atoms with E-state index >= 15 is 0 Å². The van der Waals surface area contributed by atoms with Crippen molar-refractivity contribution in [3.05, 3.63) is 29.8 Å². The number of rotatable bonds is 2. The van der Waals surface area contributed by atoms with Gasteiger partial charge in [0.1, 0.15) is 5.75 Å². The summed E-state index contributed by atoms with van der Waals surface area (Å²) in [4.78, 5) is 0. The minimum absolute atomic E-state index is 0.264. The Balaban J connectivity index is 2.65. The summed E-state index contributed by atoms with van der Waals surface area (Å²) in [6.45, 7) is 0. The molecule has 0 spiro atoms. The van der Waals surface area contributed by atoms with Crippen molar-refractivity contribution in [3.8, 4) is 11.8 Å². The molecule has 0 unspecified atom stereocenters. The molecule has 0 aliphatic rings. The zero-order valence-electron chi connectivity index (χ0n) is 6.12. The molecule has 0 radical (unpaired) electrons. The molecular weight excluding hydrogens is 138 g/mol. The minimum Gasteiger partial charge on any atom is -0.508 e. The van der Waals surface area contributed by atoms with Gasteiger partial charge in [-0.2, -0.15) is 5.26 Å². The van der Waals surface area contributed by atoms with Crippen LogP contribution >= 0.6 is 0 Å². The molecule has 0 heterocycles. The number of aromatic hydroxyl groups is 1. The lowest BCUT2D eigenvalue weighted by Gasteiger charge is -1.96. The molecule has 1 aromatic carbocycles. The van der Waals surface area contributed by atoms with E-state index in [1.54, 1.807) is 18.2 Å². The molecule has 1 rings (SSSR count). The average molecular weight is 147 g/mol. The van der Waals surface area contributed by atoms with E-state index in [2.05, 4.69) is 6.07 Å². The predicted molar refractivity (Wildman–Crippen MR) is 42.0 cm³/mol. The Hall–Kier alpha value is -1.49. The molecule has 0 atom stereocenters. The van der Waals surface area contributed by atoms with Gasteiger partial charge in [0.25, 0.3) is 0 Å². The van der Waals surface area contributed by atoms with Crippen LogP contribution in [0.5, 0.6) is 5.75 Å². The molecule has 0 saturated carbocycles. The smallest absolute Gasteiger partial charge is 0.115 e. The second-order valence-corrected chi connectivity index (χ2v) is 2.33. The molecule has 2 heteroatoms. The first-order valence-corrected chi connectivity index (χ1v) is 3.48. The Morgan fingerprint density at radius 2 is 2.27 bits per heavy atom. The van der Waals surface area contributed by atoms with Crippen LogP contribution in [-0.2, 0) is 6.42 Å². The molecule has 0 fully saturated rings. The third-order valence-electron chi connectivity index (χ3n) is 1.44. The van der Waals surface area contributed by atoms with Crippen LogP contribution in [0, 0.1) is 11.3 Å².